The summed E-state index contributed by atoms with van der Waals surface area (Å²) in [6, 6.07) is 14.7. The van der Waals surface area contributed by atoms with Crippen LogP contribution in [0.2, 0.25) is 0 Å². The Bertz CT molecular complexity index is 891. The van der Waals surface area contributed by atoms with Gasteiger partial charge >= 0.3 is 6.01 Å². The van der Waals surface area contributed by atoms with Crippen molar-refractivity contribution >= 4 is 23.7 Å². The number of nitrogens with zero attached hydrogens (tertiary/aromatic N) is 2. The zero-order chi connectivity index (χ0) is 18.5. The summed E-state index contributed by atoms with van der Waals surface area (Å²) in [6.45, 7) is 3.89. The van der Waals surface area contributed by atoms with Gasteiger partial charge in [0.25, 0.3) is 5.91 Å². The molecule has 0 atom stereocenters. The predicted molar refractivity (Wildman–Crippen MR) is 102 cm³/mol. The second-order valence-electron chi connectivity index (χ2n) is 5.79. The van der Waals surface area contributed by atoms with Crippen LogP contribution in [0.4, 0.5) is 6.01 Å². The fraction of sp³-hybridized carbons (Fsp3) is 0.211. The second-order valence-corrected chi connectivity index (χ2v) is 6.67. The molecule has 0 radical (unpaired) electrons. The number of anilines is 1. The highest BCUT2D eigenvalue weighted by Gasteiger charge is 2.13. The van der Waals surface area contributed by atoms with E-state index in [-0.39, 0.29) is 18.0 Å². The summed E-state index contributed by atoms with van der Waals surface area (Å²) >= 11 is 1.63. The van der Waals surface area contributed by atoms with Crippen LogP contribution >= 0.6 is 11.8 Å². The molecule has 2 aromatic carbocycles. The van der Waals surface area contributed by atoms with Gasteiger partial charge < -0.3 is 9.15 Å². The molecule has 7 heteroatoms. The molecule has 1 heterocycles. The van der Waals surface area contributed by atoms with E-state index in [9.17, 15) is 4.79 Å². The molecule has 3 aromatic rings. The zero-order valence-electron chi connectivity index (χ0n) is 14.7. The van der Waals surface area contributed by atoms with Crippen LogP contribution < -0.4 is 10.1 Å². The molecule has 1 N–H and O–H groups in total. The summed E-state index contributed by atoms with van der Waals surface area (Å²) in [7, 11) is 0. The van der Waals surface area contributed by atoms with Crippen LogP contribution in [-0.2, 0) is 0 Å². The van der Waals surface area contributed by atoms with E-state index in [1.54, 1.807) is 36.0 Å². The van der Waals surface area contributed by atoms with Crippen molar-refractivity contribution in [2.45, 2.75) is 24.8 Å². The first-order valence-corrected chi connectivity index (χ1v) is 9.33. The molecule has 1 aromatic heterocycles. The number of ether oxygens (including phenoxy) is 1. The van der Waals surface area contributed by atoms with Gasteiger partial charge in [0.05, 0.1) is 6.10 Å². The molecule has 3 rings (SSSR count). The summed E-state index contributed by atoms with van der Waals surface area (Å²) in [5, 5.41) is 10.5. The Balaban J connectivity index is 1.69. The molecule has 0 saturated carbocycles. The van der Waals surface area contributed by atoms with Crippen molar-refractivity contribution in [1.29, 1.82) is 0 Å². The van der Waals surface area contributed by atoms with Crippen LogP contribution in [0.5, 0.6) is 5.75 Å². The van der Waals surface area contributed by atoms with Gasteiger partial charge in [-0.1, -0.05) is 11.2 Å². The lowest BCUT2D eigenvalue weighted by molar-refractivity contribution is 0.102. The van der Waals surface area contributed by atoms with Crippen molar-refractivity contribution in [3.63, 3.8) is 0 Å². The van der Waals surface area contributed by atoms with Crippen molar-refractivity contribution in [2.24, 2.45) is 0 Å². The maximum absolute atomic E-state index is 12.3. The van der Waals surface area contributed by atoms with E-state index in [0.717, 1.165) is 10.5 Å². The van der Waals surface area contributed by atoms with Gasteiger partial charge in [-0.25, -0.2) is 0 Å². The monoisotopic (exact) mass is 369 g/mol. The Kier molecular flexibility index (Phi) is 5.58. The molecule has 0 fully saturated rings. The highest BCUT2D eigenvalue weighted by Crippen LogP contribution is 2.24. The molecule has 0 unspecified atom stereocenters. The summed E-state index contributed by atoms with van der Waals surface area (Å²) in [4.78, 5) is 13.4. The number of amides is 1. The number of hydrogen-bond acceptors (Lipinski definition) is 6. The van der Waals surface area contributed by atoms with Crippen molar-refractivity contribution in [3.8, 4) is 17.2 Å². The van der Waals surface area contributed by atoms with Crippen LogP contribution in [-0.4, -0.2) is 28.5 Å². The van der Waals surface area contributed by atoms with E-state index in [1.807, 2.05) is 44.4 Å². The Morgan fingerprint density at radius 2 is 1.92 bits per heavy atom. The first-order chi connectivity index (χ1) is 12.5. The number of carbonyl (C=O) groups excluding carboxylic acids is 1. The average molecular weight is 369 g/mol. The van der Waals surface area contributed by atoms with E-state index in [4.69, 9.17) is 9.15 Å². The Hall–Kier alpha value is -2.80. The number of rotatable bonds is 6. The minimum Gasteiger partial charge on any atom is -0.491 e. The van der Waals surface area contributed by atoms with E-state index in [0.29, 0.717) is 17.2 Å². The van der Waals surface area contributed by atoms with Crippen molar-refractivity contribution < 1.29 is 13.9 Å². The second kappa shape index (κ2) is 8.05. The third kappa shape index (κ3) is 4.43. The van der Waals surface area contributed by atoms with Gasteiger partial charge in [-0.2, -0.15) is 0 Å². The first-order valence-electron chi connectivity index (χ1n) is 8.11. The Morgan fingerprint density at radius 3 is 2.62 bits per heavy atom. The minimum absolute atomic E-state index is 0.0575. The molecular formula is C19H19N3O3S. The molecule has 134 valence electrons. The fourth-order valence-electron chi connectivity index (χ4n) is 2.27. The number of nitrogens with one attached hydrogen (secondary N) is 1. The van der Waals surface area contributed by atoms with Gasteiger partial charge in [0.15, 0.2) is 0 Å². The number of hydrogen-bond donors (Lipinski definition) is 1. The SMILES string of the molecule is CSc1cccc(-c2nnc(NC(=O)c3ccc(OC(C)C)cc3)o2)c1. The number of aromatic nitrogens is 2. The average Bonchev–Trinajstić information content (AvgIpc) is 3.10. The maximum atomic E-state index is 12.3. The molecule has 6 nitrogen and oxygen atoms in total. The van der Waals surface area contributed by atoms with Crippen molar-refractivity contribution in [1.82, 2.24) is 10.2 Å². The topological polar surface area (TPSA) is 77.2 Å². The van der Waals surface area contributed by atoms with E-state index >= 15 is 0 Å². The lowest BCUT2D eigenvalue weighted by Gasteiger charge is -2.09. The highest BCUT2D eigenvalue weighted by atomic mass is 32.2. The first kappa shape index (κ1) is 18.0. The summed E-state index contributed by atoms with van der Waals surface area (Å²) in [6.07, 6.45) is 2.08. The molecule has 0 aliphatic carbocycles. The molecule has 0 aliphatic heterocycles. The largest absolute Gasteiger partial charge is 0.491 e. The fourth-order valence-corrected chi connectivity index (χ4v) is 2.73. The summed E-state index contributed by atoms with van der Waals surface area (Å²) < 4.78 is 11.1. The molecule has 0 bridgehead atoms. The Morgan fingerprint density at radius 1 is 1.15 bits per heavy atom. The Labute approximate surface area is 156 Å². The molecule has 0 spiro atoms. The maximum Gasteiger partial charge on any atom is 0.322 e. The van der Waals surface area contributed by atoms with Crippen LogP contribution in [0.15, 0.2) is 57.8 Å². The standard InChI is InChI=1S/C19H19N3O3S/c1-12(2)24-15-9-7-13(8-10-15)17(23)20-19-22-21-18(25-19)14-5-4-6-16(11-14)26-3/h4-12H,1-3H3,(H,20,22,23). The van der Waals surface area contributed by atoms with E-state index in [1.165, 1.54) is 0 Å². The molecule has 0 aliphatic rings. The van der Waals surface area contributed by atoms with Gasteiger partial charge in [0.2, 0.25) is 5.89 Å². The van der Waals surface area contributed by atoms with Crippen LogP contribution in [0.25, 0.3) is 11.5 Å². The van der Waals surface area contributed by atoms with Gasteiger partial charge in [-0.05, 0) is 62.6 Å². The van der Waals surface area contributed by atoms with E-state index in [2.05, 4.69) is 15.5 Å². The van der Waals surface area contributed by atoms with Gasteiger partial charge in [-0.15, -0.1) is 16.9 Å². The quantitative estimate of drug-likeness (QED) is 0.645. The molecule has 1 amide bonds. The highest BCUT2D eigenvalue weighted by molar-refractivity contribution is 7.98. The molecule has 26 heavy (non-hydrogen) atoms. The third-order valence-corrected chi connectivity index (χ3v) is 4.18. The lowest BCUT2D eigenvalue weighted by Crippen LogP contribution is -2.12. The number of carbonyl (C=O) groups is 1. The lowest BCUT2D eigenvalue weighted by atomic mass is 10.2. The third-order valence-electron chi connectivity index (χ3n) is 3.45. The van der Waals surface area contributed by atoms with Crippen LogP contribution in [0.3, 0.4) is 0 Å². The zero-order valence-corrected chi connectivity index (χ0v) is 15.5. The minimum atomic E-state index is -0.325. The van der Waals surface area contributed by atoms with Gasteiger partial charge in [0, 0.05) is 16.0 Å². The molecule has 0 saturated heterocycles. The summed E-state index contributed by atoms with van der Waals surface area (Å²) in [5.74, 6) is 0.747. The van der Waals surface area contributed by atoms with Crippen molar-refractivity contribution in [2.75, 3.05) is 11.6 Å². The number of thioether (sulfide) groups is 1. The summed E-state index contributed by atoms with van der Waals surface area (Å²) in [5.41, 5.74) is 1.28. The van der Waals surface area contributed by atoms with Gasteiger partial charge in [0.1, 0.15) is 5.75 Å². The van der Waals surface area contributed by atoms with Crippen LogP contribution in [0, 0.1) is 0 Å². The number of benzene rings is 2. The van der Waals surface area contributed by atoms with Crippen molar-refractivity contribution in [3.05, 3.63) is 54.1 Å². The smallest absolute Gasteiger partial charge is 0.322 e. The predicted octanol–water partition coefficient (Wildman–Crippen LogP) is 4.50. The van der Waals surface area contributed by atoms with Gasteiger partial charge in [-0.3, -0.25) is 10.1 Å². The molecular weight excluding hydrogens is 350 g/mol. The van der Waals surface area contributed by atoms with Crippen LogP contribution in [0.1, 0.15) is 24.2 Å². The van der Waals surface area contributed by atoms with E-state index < -0.39 is 0 Å². The normalized spacial score (nSPS) is 10.8.